The van der Waals surface area contributed by atoms with Crippen molar-refractivity contribution in [3.05, 3.63) is 66.7 Å². The molecular weight excluding hydrogens is 243 g/mol. The Morgan fingerprint density at radius 3 is 1.90 bits per heavy atom. The second kappa shape index (κ2) is 4.24. The largest absolute Gasteiger partial charge is 0.294 e. The van der Waals surface area contributed by atoms with Crippen LogP contribution in [0.3, 0.4) is 0 Å². The zero-order valence-electron chi connectivity index (χ0n) is 10.8. The molecule has 0 atom stereocenters. The van der Waals surface area contributed by atoms with Crippen LogP contribution in [0.1, 0.15) is 0 Å². The van der Waals surface area contributed by atoms with Gasteiger partial charge in [-0.2, -0.15) is 0 Å². The molecule has 2 radical (unpaired) electrons. The maximum absolute atomic E-state index is 5.83. The SMILES string of the molecule is [B]c1cccc(-n2c3ccccc3c3ccccc32)n1. The van der Waals surface area contributed by atoms with Gasteiger partial charge in [-0.15, -0.1) is 0 Å². The summed E-state index contributed by atoms with van der Waals surface area (Å²) in [5.41, 5.74) is 2.82. The van der Waals surface area contributed by atoms with E-state index in [0.717, 1.165) is 16.9 Å². The van der Waals surface area contributed by atoms with Gasteiger partial charge in [-0.1, -0.05) is 48.5 Å². The smallest absolute Gasteiger partial charge is 0.141 e. The predicted molar refractivity (Wildman–Crippen MR) is 84.0 cm³/mol. The van der Waals surface area contributed by atoms with Crippen LogP contribution in [-0.4, -0.2) is 17.4 Å². The van der Waals surface area contributed by atoms with Crippen LogP contribution in [0, 0.1) is 0 Å². The first-order chi connectivity index (χ1) is 9.84. The van der Waals surface area contributed by atoms with E-state index in [1.54, 1.807) is 6.07 Å². The van der Waals surface area contributed by atoms with E-state index in [0.29, 0.717) is 5.59 Å². The minimum Gasteiger partial charge on any atom is -0.294 e. The molecule has 2 heterocycles. The molecule has 0 saturated carbocycles. The first kappa shape index (κ1) is 11.3. The molecule has 92 valence electrons. The summed E-state index contributed by atoms with van der Waals surface area (Å²) in [5, 5.41) is 2.46. The number of hydrogen-bond acceptors (Lipinski definition) is 1. The number of nitrogens with zero attached hydrogens (tertiary/aromatic N) is 2. The molecule has 0 spiro atoms. The standard InChI is InChI=1S/C17H11BN2/c18-16-10-5-11-17(19-16)20-14-8-3-1-6-12(14)13-7-2-4-9-15(13)20/h1-11H. The number of rotatable bonds is 1. The van der Waals surface area contributed by atoms with Gasteiger partial charge in [0.2, 0.25) is 0 Å². The van der Waals surface area contributed by atoms with Crippen molar-refractivity contribution >= 4 is 35.2 Å². The summed E-state index contributed by atoms with van der Waals surface area (Å²) >= 11 is 0. The molecule has 20 heavy (non-hydrogen) atoms. The molecule has 4 rings (SSSR count). The van der Waals surface area contributed by atoms with Gasteiger partial charge < -0.3 is 0 Å². The predicted octanol–water partition coefficient (Wildman–Crippen LogP) is 2.97. The first-order valence-corrected chi connectivity index (χ1v) is 6.56. The van der Waals surface area contributed by atoms with Crippen LogP contribution in [0.5, 0.6) is 0 Å². The highest BCUT2D eigenvalue weighted by Gasteiger charge is 2.11. The third-order valence-corrected chi connectivity index (χ3v) is 3.57. The highest BCUT2D eigenvalue weighted by molar-refractivity contribution is 6.30. The molecular formula is C17H11BN2. The van der Waals surface area contributed by atoms with Crippen molar-refractivity contribution < 1.29 is 0 Å². The van der Waals surface area contributed by atoms with E-state index in [1.165, 1.54) is 10.8 Å². The molecule has 0 unspecified atom stereocenters. The lowest BCUT2D eigenvalue weighted by Crippen LogP contribution is -2.10. The molecule has 0 amide bonds. The van der Waals surface area contributed by atoms with Crippen LogP contribution in [0.4, 0.5) is 0 Å². The van der Waals surface area contributed by atoms with Crippen LogP contribution in [-0.2, 0) is 0 Å². The van der Waals surface area contributed by atoms with Gasteiger partial charge in [-0.05, 0) is 23.8 Å². The van der Waals surface area contributed by atoms with Crippen molar-refractivity contribution in [3.8, 4) is 5.82 Å². The van der Waals surface area contributed by atoms with E-state index in [9.17, 15) is 0 Å². The molecule has 0 saturated heterocycles. The number of hydrogen-bond donors (Lipinski definition) is 0. The zero-order valence-corrected chi connectivity index (χ0v) is 10.8. The zero-order chi connectivity index (χ0) is 13.5. The molecule has 2 aromatic heterocycles. The van der Waals surface area contributed by atoms with Crippen molar-refractivity contribution in [1.29, 1.82) is 0 Å². The fourth-order valence-corrected chi connectivity index (χ4v) is 2.73. The van der Waals surface area contributed by atoms with Gasteiger partial charge in [0.15, 0.2) is 0 Å². The summed E-state index contributed by atoms with van der Waals surface area (Å²) in [6.07, 6.45) is 0. The maximum atomic E-state index is 5.83. The van der Waals surface area contributed by atoms with Crippen molar-refractivity contribution in [2.24, 2.45) is 0 Å². The minimum absolute atomic E-state index is 0.532. The molecule has 0 aliphatic heterocycles. The van der Waals surface area contributed by atoms with E-state index < -0.39 is 0 Å². The Morgan fingerprint density at radius 2 is 1.30 bits per heavy atom. The van der Waals surface area contributed by atoms with Crippen LogP contribution in [0.25, 0.3) is 27.6 Å². The second-order valence-corrected chi connectivity index (χ2v) is 4.79. The van der Waals surface area contributed by atoms with Crippen molar-refractivity contribution in [3.63, 3.8) is 0 Å². The molecule has 0 aliphatic carbocycles. The Kier molecular flexibility index (Phi) is 2.39. The summed E-state index contributed by atoms with van der Waals surface area (Å²) in [5.74, 6) is 0.849. The lowest BCUT2D eigenvalue weighted by atomic mass is 10.0. The molecule has 3 heteroatoms. The van der Waals surface area contributed by atoms with Crippen LogP contribution in [0.2, 0.25) is 0 Å². The average Bonchev–Trinajstić information content (AvgIpc) is 2.82. The molecule has 0 aliphatic rings. The summed E-state index contributed by atoms with van der Waals surface area (Å²) in [7, 11) is 5.83. The third kappa shape index (κ3) is 1.56. The summed E-state index contributed by atoms with van der Waals surface area (Å²) < 4.78 is 2.15. The lowest BCUT2D eigenvalue weighted by molar-refractivity contribution is 1.09. The number of benzene rings is 2. The number of pyridine rings is 1. The van der Waals surface area contributed by atoms with E-state index in [1.807, 2.05) is 24.3 Å². The van der Waals surface area contributed by atoms with Gasteiger partial charge in [-0.25, -0.2) is 4.98 Å². The third-order valence-electron chi connectivity index (χ3n) is 3.57. The monoisotopic (exact) mass is 254 g/mol. The van der Waals surface area contributed by atoms with Gasteiger partial charge in [0.1, 0.15) is 13.7 Å². The van der Waals surface area contributed by atoms with Crippen molar-refractivity contribution in [1.82, 2.24) is 9.55 Å². The minimum atomic E-state index is 0.532. The van der Waals surface area contributed by atoms with Gasteiger partial charge in [0.25, 0.3) is 0 Å². The van der Waals surface area contributed by atoms with Crippen LogP contribution < -0.4 is 5.59 Å². The van der Waals surface area contributed by atoms with E-state index in [-0.39, 0.29) is 0 Å². The molecule has 0 bridgehead atoms. The van der Waals surface area contributed by atoms with Gasteiger partial charge in [0, 0.05) is 10.8 Å². The summed E-state index contributed by atoms with van der Waals surface area (Å²) in [6.45, 7) is 0. The van der Waals surface area contributed by atoms with Gasteiger partial charge in [0.05, 0.1) is 11.0 Å². The summed E-state index contributed by atoms with van der Waals surface area (Å²) in [4.78, 5) is 4.46. The Hall–Kier alpha value is -2.55. The highest BCUT2D eigenvalue weighted by Crippen LogP contribution is 2.30. The number of fused-ring (bicyclic) bond motifs is 3. The van der Waals surface area contributed by atoms with E-state index in [4.69, 9.17) is 7.85 Å². The molecule has 2 nitrogen and oxygen atoms in total. The van der Waals surface area contributed by atoms with Crippen molar-refractivity contribution in [2.75, 3.05) is 0 Å². The molecule has 4 aromatic rings. The Bertz CT molecular complexity index is 871. The second-order valence-electron chi connectivity index (χ2n) is 4.79. The Labute approximate surface area is 118 Å². The quantitative estimate of drug-likeness (QED) is 0.477. The molecule has 0 N–H and O–H groups in total. The number of para-hydroxylation sites is 2. The van der Waals surface area contributed by atoms with Gasteiger partial charge >= 0.3 is 0 Å². The first-order valence-electron chi connectivity index (χ1n) is 6.56. The Balaban J connectivity index is 2.21. The Morgan fingerprint density at radius 1 is 0.700 bits per heavy atom. The lowest BCUT2D eigenvalue weighted by Gasteiger charge is -2.07. The van der Waals surface area contributed by atoms with E-state index >= 15 is 0 Å². The fourth-order valence-electron chi connectivity index (χ4n) is 2.73. The van der Waals surface area contributed by atoms with Gasteiger partial charge in [-0.3, -0.25) is 4.57 Å². The van der Waals surface area contributed by atoms with Crippen molar-refractivity contribution in [2.45, 2.75) is 0 Å². The average molecular weight is 254 g/mol. The van der Waals surface area contributed by atoms with Crippen LogP contribution in [0.15, 0.2) is 66.7 Å². The topological polar surface area (TPSA) is 17.8 Å². The number of aromatic nitrogens is 2. The molecule has 0 fully saturated rings. The summed E-state index contributed by atoms with van der Waals surface area (Å²) in [6, 6.07) is 22.4. The maximum Gasteiger partial charge on any atom is 0.141 e. The molecule has 2 aromatic carbocycles. The normalized spacial score (nSPS) is 11.2. The van der Waals surface area contributed by atoms with E-state index in [2.05, 4.69) is 45.9 Å². The highest BCUT2D eigenvalue weighted by atomic mass is 15.1. The van der Waals surface area contributed by atoms with Crippen LogP contribution >= 0.6 is 0 Å². The fraction of sp³-hybridized carbons (Fsp3) is 0.